The Morgan fingerprint density at radius 3 is 2.80 bits per heavy atom. The third-order valence-corrected chi connectivity index (χ3v) is 5.57. The first-order chi connectivity index (χ1) is 11.9. The molecule has 0 aromatic heterocycles. The predicted octanol–water partition coefficient (Wildman–Crippen LogP) is 0.271. The zero-order valence-corrected chi connectivity index (χ0v) is 14.1. The molecule has 1 saturated heterocycles. The number of carbonyl (C=O) groups excluding carboxylic acids is 2. The van der Waals surface area contributed by atoms with Crippen molar-refractivity contribution in [1.82, 2.24) is 9.62 Å². The van der Waals surface area contributed by atoms with Crippen LogP contribution in [-0.4, -0.2) is 50.3 Å². The summed E-state index contributed by atoms with van der Waals surface area (Å²) >= 11 is 0. The lowest BCUT2D eigenvalue weighted by atomic mass is 10.2. The van der Waals surface area contributed by atoms with E-state index < -0.39 is 45.3 Å². The fraction of sp³-hybridized carbons (Fsp3) is 0.375. The Morgan fingerprint density at radius 2 is 2.12 bits per heavy atom. The monoisotopic (exact) mass is 368 g/mol. The van der Waals surface area contributed by atoms with Crippen LogP contribution in [0.5, 0.6) is 0 Å². The average molecular weight is 368 g/mol. The standard InChI is InChI=1S/C16H17FN2O5S/c1-2-9-18-15(20)11-24-16(21)13-7-5-10-19(13)25(22,23)14-8-4-3-6-12(14)17/h1,3-4,6,8,13H,5,7,9-11H2,(H,18,20)/t13-/m0/s1. The van der Waals surface area contributed by atoms with Crippen molar-refractivity contribution in [2.45, 2.75) is 23.8 Å². The molecule has 1 amide bonds. The van der Waals surface area contributed by atoms with E-state index >= 15 is 0 Å². The molecule has 0 saturated carbocycles. The molecular weight excluding hydrogens is 351 g/mol. The first kappa shape index (κ1) is 18.9. The van der Waals surface area contributed by atoms with Crippen molar-refractivity contribution in [2.75, 3.05) is 19.7 Å². The SMILES string of the molecule is C#CCNC(=O)COC(=O)[C@@H]1CCCN1S(=O)(=O)c1ccccc1F. The quantitative estimate of drug-likeness (QED) is 0.575. The second kappa shape index (κ2) is 8.09. The lowest BCUT2D eigenvalue weighted by Crippen LogP contribution is -2.42. The number of ether oxygens (including phenoxy) is 1. The molecule has 134 valence electrons. The fourth-order valence-electron chi connectivity index (χ4n) is 2.48. The zero-order valence-electron chi connectivity index (χ0n) is 13.3. The van der Waals surface area contributed by atoms with Gasteiger partial charge < -0.3 is 10.1 Å². The lowest BCUT2D eigenvalue weighted by molar-refractivity contribution is -0.151. The molecule has 1 heterocycles. The van der Waals surface area contributed by atoms with Gasteiger partial charge >= 0.3 is 5.97 Å². The highest BCUT2D eigenvalue weighted by atomic mass is 32.2. The molecule has 1 fully saturated rings. The minimum Gasteiger partial charge on any atom is -0.454 e. The summed E-state index contributed by atoms with van der Waals surface area (Å²) in [4.78, 5) is 23.1. The molecule has 0 bridgehead atoms. The maximum absolute atomic E-state index is 13.8. The summed E-state index contributed by atoms with van der Waals surface area (Å²) in [5, 5.41) is 2.32. The molecule has 0 unspecified atom stereocenters. The number of nitrogens with zero attached hydrogens (tertiary/aromatic N) is 1. The molecule has 7 nitrogen and oxygen atoms in total. The Bertz CT molecular complexity index is 803. The van der Waals surface area contributed by atoms with Gasteiger partial charge in [0.05, 0.1) is 6.54 Å². The number of carbonyl (C=O) groups is 2. The number of amides is 1. The van der Waals surface area contributed by atoms with Gasteiger partial charge in [-0.25, -0.2) is 12.8 Å². The number of hydrogen-bond donors (Lipinski definition) is 1. The van der Waals surface area contributed by atoms with Gasteiger partial charge in [0.25, 0.3) is 5.91 Å². The molecular formula is C16H17FN2O5S. The average Bonchev–Trinajstić information content (AvgIpc) is 3.08. The number of esters is 1. The van der Waals surface area contributed by atoms with Crippen LogP contribution < -0.4 is 5.32 Å². The molecule has 1 N–H and O–H groups in total. The van der Waals surface area contributed by atoms with Crippen molar-refractivity contribution in [3.8, 4) is 12.3 Å². The van der Waals surface area contributed by atoms with Crippen molar-refractivity contribution < 1.29 is 27.1 Å². The second-order valence-corrected chi connectivity index (χ2v) is 7.15. The van der Waals surface area contributed by atoms with Gasteiger partial charge in [-0.2, -0.15) is 4.31 Å². The molecule has 1 aromatic rings. The van der Waals surface area contributed by atoms with Crippen molar-refractivity contribution in [2.24, 2.45) is 0 Å². The summed E-state index contributed by atoms with van der Waals surface area (Å²) in [7, 11) is -4.19. The van der Waals surface area contributed by atoms with Gasteiger partial charge in [-0.05, 0) is 25.0 Å². The molecule has 0 radical (unpaired) electrons. The van der Waals surface area contributed by atoms with E-state index in [1.54, 1.807) is 0 Å². The molecule has 1 atom stereocenters. The van der Waals surface area contributed by atoms with Crippen LogP contribution in [0.2, 0.25) is 0 Å². The van der Waals surface area contributed by atoms with E-state index in [1.165, 1.54) is 12.1 Å². The molecule has 0 aliphatic carbocycles. The van der Waals surface area contributed by atoms with Crippen LogP contribution in [0.15, 0.2) is 29.2 Å². The van der Waals surface area contributed by atoms with E-state index in [1.807, 2.05) is 0 Å². The summed E-state index contributed by atoms with van der Waals surface area (Å²) in [6.07, 6.45) is 5.65. The van der Waals surface area contributed by atoms with E-state index in [2.05, 4.69) is 11.2 Å². The summed E-state index contributed by atoms with van der Waals surface area (Å²) in [6.45, 7) is -0.502. The third kappa shape index (κ3) is 4.35. The summed E-state index contributed by atoms with van der Waals surface area (Å²) in [6, 6.07) is 3.85. The molecule has 2 rings (SSSR count). The number of benzene rings is 1. The predicted molar refractivity (Wildman–Crippen MR) is 86.1 cm³/mol. The largest absolute Gasteiger partial charge is 0.454 e. The van der Waals surface area contributed by atoms with Gasteiger partial charge in [-0.3, -0.25) is 9.59 Å². The van der Waals surface area contributed by atoms with Crippen LogP contribution in [0.4, 0.5) is 4.39 Å². The highest BCUT2D eigenvalue weighted by Gasteiger charge is 2.41. The van der Waals surface area contributed by atoms with E-state index in [9.17, 15) is 22.4 Å². The summed E-state index contributed by atoms with van der Waals surface area (Å²) in [5.41, 5.74) is 0. The molecule has 1 aliphatic heterocycles. The number of sulfonamides is 1. The van der Waals surface area contributed by atoms with E-state index in [0.29, 0.717) is 6.42 Å². The third-order valence-electron chi connectivity index (χ3n) is 3.63. The van der Waals surface area contributed by atoms with E-state index in [0.717, 1.165) is 16.4 Å². The molecule has 0 spiro atoms. The summed E-state index contributed by atoms with van der Waals surface area (Å²) in [5.74, 6) is -0.141. The molecule has 25 heavy (non-hydrogen) atoms. The Hall–Kier alpha value is -2.44. The van der Waals surface area contributed by atoms with Crippen LogP contribution in [0.1, 0.15) is 12.8 Å². The van der Waals surface area contributed by atoms with Crippen LogP contribution in [-0.2, 0) is 24.3 Å². The van der Waals surface area contributed by atoms with Gasteiger partial charge in [0, 0.05) is 6.54 Å². The molecule has 1 aromatic carbocycles. The van der Waals surface area contributed by atoms with Gasteiger partial charge in [-0.15, -0.1) is 6.42 Å². The normalized spacial score (nSPS) is 17.7. The zero-order chi connectivity index (χ0) is 18.4. The van der Waals surface area contributed by atoms with Gasteiger partial charge in [-0.1, -0.05) is 18.1 Å². The van der Waals surface area contributed by atoms with E-state index in [-0.39, 0.29) is 19.5 Å². The highest BCUT2D eigenvalue weighted by molar-refractivity contribution is 7.89. The minimum absolute atomic E-state index is 0.00635. The smallest absolute Gasteiger partial charge is 0.324 e. The number of terminal acetylenes is 1. The first-order valence-electron chi connectivity index (χ1n) is 7.51. The maximum Gasteiger partial charge on any atom is 0.324 e. The van der Waals surface area contributed by atoms with Crippen LogP contribution in [0.3, 0.4) is 0 Å². The van der Waals surface area contributed by atoms with Gasteiger partial charge in [0.2, 0.25) is 10.0 Å². The van der Waals surface area contributed by atoms with Gasteiger partial charge in [0.1, 0.15) is 16.8 Å². The molecule has 1 aliphatic rings. The number of halogens is 1. The van der Waals surface area contributed by atoms with Crippen molar-refractivity contribution in [3.63, 3.8) is 0 Å². The number of nitrogens with one attached hydrogen (secondary N) is 1. The van der Waals surface area contributed by atoms with Crippen LogP contribution in [0, 0.1) is 18.2 Å². The highest BCUT2D eigenvalue weighted by Crippen LogP contribution is 2.28. The topological polar surface area (TPSA) is 92.8 Å². The Labute approximate surface area is 145 Å². The van der Waals surface area contributed by atoms with Crippen LogP contribution >= 0.6 is 0 Å². The Kier molecular flexibility index (Phi) is 6.12. The molecule has 9 heteroatoms. The number of rotatable bonds is 6. The van der Waals surface area contributed by atoms with Crippen molar-refractivity contribution in [3.05, 3.63) is 30.1 Å². The Balaban J connectivity index is 2.09. The number of hydrogen-bond acceptors (Lipinski definition) is 5. The van der Waals surface area contributed by atoms with Crippen molar-refractivity contribution in [1.29, 1.82) is 0 Å². The van der Waals surface area contributed by atoms with E-state index in [4.69, 9.17) is 11.2 Å². The van der Waals surface area contributed by atoms with Crippen LogP contribution in [0.25, 0.3) is 0 Å². The van der Waals surface area contributed by atoms with Crippen molar-refractivity contribution >= 4 is 21.9 Å². The summed E-state index contributed by atoms with van der Waals surface area (Å²) < 4.78 is 44.9. The minimum atomic E-state index is -4.19. The van der Waals surface area contributed by atoms with Gasteiger partial charge in [0.15, 0.2) is 6.61 Å². The Morgan fingerprint density at radius 1 is 1.40 bits per heavy atom. The maximum atomic E-state index is 13.8. The second-order valence-electron chi connectivity index (χ2n) is 5.29. The first-order valence-corrected chi connectivity index (χ1v) is 8.95. The lowest BCUT2D eigenvalue weighted by Gasteiger charge is -2.22. The fourth-order valence-corrected chi connectivity index (χ4v) is 4.19.